The van der Waals surface area contributed by atoms with Gasteiger partial charge in [0.15, 0.2) is 0 Å². The fourth-order valence-electron chi connectivity index (χ4n) is 3.94. The number of hydrogen-bond donors (Lipinski definition) is 2. The molecule has 2 aliphatic rings. The number of aliphatic hydroxyl groups is 1. The van der Waals surface area contributed by atoms with Crippen LogP contribution in [0.1, 0.15) is 52.4 Å². The summed E-state index contributed by atoms with van der Waals surface area (Å²) in [6, 6.07) is 2.52. The summed E-state index contributed by atoms with van der Waals surface area (Å²) in [5.41, 5.74) is -1.29. The molecule has 0 radical (unpaired) electrons. The van der Waals surface area contributed by atoms with Crippen LogP contribution in [0.25, 0.3) is 0 Å². The molecule has 0 bridgehead atoms. The molecule has 2 fully saturated rings. The molecular formula is C15H26N2O. The van der Waals surface area contributed by atoms with Gasteiger partial charge in [0, 0.05) is 6.54 Å². The Balaban J connectivity index is 2.20. The average Bonchev–Trinajstić information content (AvgIpc) is 2.42. The quantitative estimate of drug-likeness (QED) is 0.791. The van der Waals surface area contributed by atoms with Crippen LogP contribution in [0, 0.1) is 28.6 Å². The van der Waals surface area contributed by atoms with Crippen molar-refractivity contribution < 1.29 is 5.11 Å². The molecule has 0 aromatic carbocycles. The Morgan fingerprint density at radius 3 is 2.50 bits per heavy atom. The minimum absolute atomic E-state index is 0.170. The average molecular weight is 250 g/mol. The lowest BCUT2D eigenvalue weighted by Gasteiger charge is -2.51. The third-order valence-corrected chi connectivity index (χ3v) is 5.53. The summed E-state index contributed by atoms with van der Waals surface area (Å²) in [7, 11) is 0. The minimum atomic E-state index is -0.786. The second-order valence-corrected chi connectivity index (χ2v) is 6.32. The molecule has 2 rings (SSSR count). The molecule has 1 aliphatic heterocycles. The van der Waals surface area contributed by atoms with Crippen LogP contribution in [0.5, 0.6) is 0 Å². The molecule has 1 aliphatic carbocycles. The Labute approximate surface area is 111 Å². The number of nitriles is 1. The third-order valence-electron chi connectivity index (χ3n) is 5.53. The molecule has 2 atom stereocenters. The number of rotatable bonds is 2. The van der Waals surface area contributed by atoms with Crippen LogP contribution < -0.4 is 5.32 Å². The van der Waals surface area contributed by atoms with Crippen molar-refractivity contribution in [1.29, 1.82) is 5.26 Å². The Hall–Kier alpha value is -0.590. The summed E-state index contributed by atoms with van der Waals surface area (Å²) in [5, 5.41) is 24.1. The third kappa shape index (κ3) is 2.06. The van der Waals surface area contributed by atoms with Gasteiger partial charge in [0.25, 0.3) is 0 Å². The molecule has 2 unspecified atom stereocenters. The zero-order chi connectivity index (χ0) is 13.2. The van der Waals surface area contributed by atoms with Crippen molar-refractivity contribution in [2.75, 3.05) is 13.1 Å². The van der Waals surface area contributed by atoms with Gasteiger partial charge in [0.1, 0.15) is 0 Å². The van der Waals surface area contributed by atoms with Crippen molar-refractivity contribution in [2.24, 2.45) is 17.3 Å². The first-order chi connectivity index (χ1) is 8.58. The van der Waals surface area contributed by atoms with Gasteiger partial charge in [-0.1, -0.05) is 20.3 Å². The van der Waals surface area contributed by atoms with E-state index in [1.54, 1.807) is 0 Å². The van der Waals surface area contributed by atoms with Crippen molar-refractivity contribution >= 4 is 0 Å². The molecule has 102 valence electrons. The maximum Gasteiger partial charge on any atom is 0.0882 e. The molecule has 0 aromatic rings. The van der Waals surface area contributed by atoms with E-state index in [1.807, 2.05) is 0 Å². The Morgan fingerprint density at radius 2 is 2.00 bits per heavy atom. The first kappa shape index (κ1) is 13.8. The van der Waals surface area contributed by atoms with E-state index in [1.165, 1.54) is 6.42 Å². The van der Waals surface area contributed by atoms with E-state index in [-0.39, 0.29) is 5.92 Å². The van der Waals surface area contributed by atoms with Gasteiger partial charge in [0.05, 0.1) is 17.1 Å². The van der Waals surface area contributed by atoms with Gasteiger partial charge in [-0.3, -0.25) is 0 Å². The number of nitrogens with zero attached hydrogens (tertiary/aromatic N) is 1. The van der Waals surface area contributed by atoms with Crippen LogP contribution in [-0.4, -0.2) is 23.8 Å². The second kappa shape index (κ2) is 5.19. The van der Waals surface area contributed by atoms with Gasteiger partial charge in [-0.15, -0.1) is 0 Å². The van der Waals surface area contributed by atoms with Crippen LogP contribution >= 0.6 is 0 Å². The van der Waals surface area contributed by atoms with Crippen molar-refractivity contribution in [3.63, 3.8) is 0 Å². The maximum atomic E-state index is 11.1. The highest BCUT2D eigenvalue weighted by atomic mass is 16.3. The van der Waals surface area contributed by atoms with Gasteiger partial charge in [-0.05, 0) is 50.5 Å². The molecule has 0 spiro atoms. The van der Waals surface area contributed by atoms with Crippen LogP contribution in [0.15, 0.2) is 0 Å². The molecule has 1 heterocycles. The predicted octanol–water partition coefficient (Wildman–Crippen LogP) is 2.46. The highest BCUT2D eigenvalue weighted by molar-refractivity contribution is 5.15. The molecular weight excluding hydrogens is 224 g/mol. The van der Waals surface area contributed by atoms with E-state index in [0.717, 1.165) is 51.1 Å². The van der Waals surface area contributed by atoms with Gasteiger partial charge >= 0.3 is 0 Å². The van der Waals surface area contributed by atoms with Crippen LogP contribution in [0.2, 0.25) is 0 Å². The SMILES string of the molecule is CCC1CCC(C#N)(C2(O)CCNCC2C)CC1. The zero-order valence-electron chi connectivity index (χ0n) is 11.7. The van der Waals surface area contributed by atoms with Crippen molar-refractivity contribution in [2.45, 2.75) is 58.0 Å². The lowest BCUT2D eigenvalue weighted by Crippen LogP contribution is -2.59. The molecule has 0 amide bonds. The fraction of sp³-hybridized carbons (Fsp3) is 0.933. The number of hydrogen-bond acceptors (Lipinski definition) is 3. The summed E-state index contributed by atoms with van der Waals surface area (Å²) >= 11 is 0. The van der Waals surface area contributed by atoms with E-state index in [2.05, 4.69) is 25.2 Å². The predicted molar refractivity (Wildman–Crippen MR) is 71.9 cm³/mol. The largest absolute Gasteiger partial charge is 0.388 e. The summed E-state index contributed by atoms with van der Waals surface area (Å²) < 4.78 is 0. The highest BCUT2D eigenvalue weighted by Gasteiger charge is 2.55. The van der Waals surface area contributed by atoms with E-state index in [0.29, 0.717) is 0 Å². The smallest absolute Gasteiger partial charge is 0.0882 e. The zero-order valence-corrected chi connectivity index (χ0v) is 11.7. The Bertz CT molecular complexity index is 328. The van der Waals surface area contributed by atoms with Crippen molar-refractivity contribution in [1.82, 2.24) is 5.32 Å². The molecule has 18 heavy (non-hydrogen) atoms. The second-order valence-electron chi connectivity index (χ2n) is 6.32. The van der Waals surface area contributed by atoms with E-state index in [9.17, 15) is 10.4 Å². The summed E-state index contributed by atoms with van der Waals surface area (Å²) in [6.45, 7) is 5.97. The van der Waals surface area contributed by atoms with Crippen LogP contribution in [0.4, 0.5) is 0 Å². The normalized spacial score (nSPS) is 45.4. The topological polar surface area (TPSA) is 56.0 Å². The van der Waals surface area contributed by atoms with Gasteiger partial charge < -0.3 is 10.4 Å². The van der Waals surface area contributed by atoms with Crippen LogP contribution in [-0.2, 0) is 0 Å². The molecule has 3 nitrogen and oxygen atoms in total. The molecule has 2 N–H and O–H groups in total. The van der Waals surface area contributed by atoms with E-state index in [4.69, 9.17) is 0 Å². The summed E-state index contributed by atoms with van der Waals surface area (Å²) in [5.74, 6) is 0.927. The number of piperidine rings is 1. The standard InChI is InChI=1S/C15H26N2O/c1-3-13-4-6-14(11-16,7-5-13)15(18)8-9-17-10-12(15)2/h12-13,17-18H,3-10H2,1-2H3. The van der Waals surface area contributed by atoms with E-state index < -0.39 is 11.0 Å². The Morgan fingerprint density at radius 1 is 1.33 bits per heavy atom. The summed E-state index contributed by atoms with van der Waals surface area (Å²) in [6.07, 6.45) is 5.89. The highest BCUT2D eigenvalue weighted by Crippen LogP contribution is 2.51. The maximum absolute atomic E-state index is 11.1. The Kier molecular flexibility index (Phi) is 3.99. The van der Waals surface area contributed by atoms with Gasteiger partial charge in [-0.2, -0.15) is 5.26 Å². The van der Waals surface area contributed by atoms with E-state index >= 15 is 0 Å². The summed E-state index contributed by atoms with van der Waals surface area (Å²) in [4.78, 5) is 0. The molecule has 3 heteroatoms. The van der Waals surface area contributed by atoms with Crippen LogP contribution in [0.3, 0.4) is 0 Å². The molecule has 0 aromatic heterocycles. The lowest BCUT2D eigenvalue weighted by atomic mass is 9.56. The first-order valence-corrected chi connectivity index (χ1v) is 7.42. The monoisotopic (exact) mass is 250 g/mol. The molecule has 1 saturated heterocycles. The molecule has 1 saturated carbocycles. The fourth-order valence-corrected chi connectivity index (χ4v) is 3.94. The van der Waals surface area contributed by atoms with Crippen molar-refractivity contribution in [3.05, 3.63) is 0 Å². The van der Waals surface area contributed by atoms with Gasteiger partial charge in [0.2, 0.25) is 0 Å². The van der Waals surface area contributed by atoms with Crippen molar-refractivity contribution in [3.8, 4) is 6.07 Å². The van der Waals surface area contributed by atoms with Gasteiger partial charge in [-0.25, -0.2) is 0 Å². The lowest BCUT2D eigenvalue weighted by molar-refractivity contribution is -0.129. The first-order valence-electron chi connectivity index (χ1n) is 7.42. The minimum Gasteiger partial charge on any atom is -0.388 e. The number of nitrogens with one attached hydrogen (secondary N) is 1.